The van der Waals surface area contributed by atoms with Gasteiger partial charge in [-0.05, 0) is 31.6 Å². The average molecular weight is 1270 g/mol. The molecule has 0 radical (unpaired) electrons. The molecule has 0 aliphatic heterocycles. The van der Waals surface area contributed by atoms with Gasteiger partial charge in [-0.1, -0.05) is 291 Å². The average Bonchev–Trinajstić information content (AvgIpc) is 3.69. The van der Waals surface area contributed by atoms with Gasteiger partial charge in [-0.15, -0.1) is 0 Å². The molecule has 0 aromatic rings. The molecule has 0 aromatic carbocycles. The molecular formula is C67H130O17P2. The molecule has 0 aliphatic carbocycles. The lowest BCUT2D eigenvalue weighted by Gasteiger charge is -2.21. The Morgan fingerprint density at radius 2 is 0.535 bits per heavy atom. The normalized spacial score (nSPS) is 14.2. The minimum Gasteiger partial charge on any atom is -0.462 e. The third kappa shape index (κ3) is 60.9. The summed E-state index contributed by atoms with van der Waals surface area (Å²) in [5, 5.41) is 10.6. The Morgan fingerprint density at radius 3 is 0.791 bits per heavy atom. The number of aliphatic hydroxyl groups is 1. The van der Waals surface area contributed by atoms with Crippen LogP contribution in [0.15, 0.2) is 0 Å². The summed E-state index contributed by atoms with van der Waals surface area (Å²) in [4.78, 5) is 72.3. The molecule has 2 unspecified atom stereocenters. The first kappa shape index (κ1) is 84.1. The van der Waals surface area contributed by atoms with Gasteiger partial charge >= 0.3 is 39.5 Å². The highest BCUT2D eigenvalue weighted by molar-refractivity contribution is 7.47. The number of esters is 4. The first-order chi connectivity index (χ1) is 41.5. The second kappa shape index (κ2) is 60.6. The summed E-state index contributed by atoms with van der Waals surface area (Å²) in [5.41, 5.74) is 0. The van der Waals surface area contributed by atoms with Gasteiger partial charge in [0.1, 0.15) is 19.3 Å². The van der Waals surface area contributed by atoms with Crippen molar-refractivity contribution in [3.05, 3.63) is 0 Å². The molecule has 0 amide bonds. The highest BCUT2D eigenvalue weighted by Gasteiger charge is 2.30. The molecule has 0 aliphatic rings. The van der Waals surface area contributed by atoms with Crippen LogP contribution in [-0.2, 0) is 65.4 Å². The summed E-state index contributed by atoms with van der Waals surface area (Å²) in [6.45, 7) is 7.16. The maximum Gasteiger partial charge on any atom is 0.472 e. The van der Waals surface area contributed by atoms with Crippen molar-refractivity contribution in [3.63, 3.8) is 0 Å². The van der Waals surface area contributed by atoms with E-state index in [0.29, 0.717) is 31.6 Å². The van der Waals surface area contributed by atoms with E-state index in [-0.39, 0.29) is 25.7 Å². The molecule has 3 N–H and O–H groups in total. The van der Waals surface area contributed by atoms with Crippen LogP contribution in [0.5, 0.6) is 0 Å². The number of unbranched alkanes of at least 4 members (excludes halogenated alkanes) is 39. The summed E-state index contributed by atoms with van der Waals surface area (Å²) in [5.74, 6) is -1.43. The predicted octanol–water partition coefficient (Wildman–Crippen LogP) is 19.0. The van der Waals surface area contributed by atoms with Crippen LogP contribution < -0.4 is 0 Å². The second-order valence-electron chi connectivity index (χ2n) is 24.7. The number of hydrogen-bond donors (Lipinski definition) is 3. The molecule has 5 atom stereocenters. The van der Waals surface area contributed by atoms with Gasteiger partial charge in [0, 0.05) is 25.7 Å². The van der Waals surface area contributed by atoms with Crippen LogP contribution in [0.2, 0.25) is 0 Å². The van der Waals surface area contributed by atoms with Crippen LogP contribution in [0.4, 0.5) is 0 Å². The Morgan fingerprint density at radius 1 is 0.314 bits per heavy atom. The van der Waals surface area contributed by atoms with Crippen molar-refractivity contribution in [2.24, 2.45) is 5.92 Å². The van der Waals surface area contributed by atoms with Gasteiger partial charge in [0.2, 0.25) is 0 Å². The van der Waals surface area contributed by atoms with E-state index in [9.17, 15) is 43.2 Å². The number of hydrogen-bond acceptors (Lipinski definition) is 15. The second-order valence-corrected chi connectivity index (χ2v) is 27.6. The van der Waals surface area contributed by atoms with Gasteiger partial charge in [-0.3, -0.25) is 37.3 Å². The smallest absolute Gasteiger partial charge is 0.462 e. The zero-order chi connectivity index (χ0) is 63.5. The van der Waals surface area contributed by atoms with Gasteiger partial charge in [0.15, 0.2) is 12.2 Å². The molecule has 0 fully saturated rings. The van der Waals surface area contributed by atoms with Crippen LogP contribution in [-0.4, -0.2) is 96.7 Å². The number of carbonyl (C=O) groups excluding carboxylic acids is 4. The minimum absolute atomic E-state index is 0.104. The van der Waals surface area contributed by atoms with Gasteiger partial charge < -0.3 is 33.8 Å². The van der Waals surface area contributed by atoms with Crippen molar-refractivity contribution in [1.29, 1.82) is 0 Å². The fraction of sp³-hybridized carbons (Fsp3) is 0.940. The molecule has 510 valence electrons. The monoisotopic (exact) mass is 1270 g/mol. The summed E-state index contributed by atoms with van der Waals surface area (Å²) >= 11 is 0. The van der Waals surface area contributed by atoms with E-state index < -0.39 is 97.5 Å². The van der Waals surface area contributed by atoms with Crippen molar-refractivity contribution in [2.75, 3.05) is 39.6 Å². The number of aliphatic hydroxyl groups excluding tert-OH is 1. The minimum atomic E-state index is -4.95. The summed E-state index contributed by atoms with van der Waals surface area (Å²) < 4.78 is 68.1. The lowest BCUT2D eigenvalue weighted by molar-refractivity contribution is -0.161. The van der Waals surface area contributed by atoms with Crippen LogP contribution in [0.25, 0.3) is 0 Å². The van der Waals surface area contributed by atoms with E-state index in [1.165, 1.54) is 167 Å². The first-order valence-electron chi connectivity index (χ1n) is 35.1. The fourth-order valence-corrected chi connectivity index (χ4v) is 11.7. The standard InChI is InChI=1S/C67H130O17P2/c1-6-9-12-15-18-21-24-26-28-31-36-41-46-51-65(70)78-56-62(83-66(71)52-47-42-37-32-29-27-25-22-19-16-13-10-7-2)58-81-85(73,74)79-54-61(68)55-80-86(75,76)82-59-63(84-67(72)53-48-43-38-33-34-39-44-49-60(4)5)57-77-64(69)50-45-40-35-30-23-20-17-14-11-8-3/h60-63,68H,6-59H2,1-5H3,(H,73,74)(H,75,76)/t61-,62-,63-/m1/s1. The number of carbonyl (C=O) groups is 4. The van der Waals surface area contributed by atoms with Crippen LogP contribution in [0, 0.1) is 5.92 Å². The Kier molecular flexibility index (Phi) is 59.2. The van der Waals surface area contributed by atoms with Crippen molar-refractivity contribution in [3.8, 4) is 0 Å². The summed E-state index contributed by atoms with van der Waals surface area (Å²) in [7, 11) is -9.89. The number of rotatable bonds is 67. The Balaban J connectivity index is 5.24. The van der Waals surface area contributed by atoms with E-state index in [1.54, 1.807) is 0 Å². The molecular weight excluding hydrogens is 1140 g/mol. The van der Waals surface area contributed by atoms with E-state index in [2.05, 4.69) is 34.6 Å². The molecule has 19 heteroatoms. The van der Waals surface area contributed by atoms with Gasteiger partial charge in [0.05, 0.1) is 26.4 Å². The van der Waals surface area contributed by atoms with Crippen molar-refractivity contribution in [1.82, 2.24) is 0 Å². The van der Waals surface area contributed by atoms with Crippen LogP contribution in [0.1, 0.15) is 343 Å². The lowest BCUT2D eigenvalue weighted by Crippen LogP contribution is -2.30. The highest BCUT2D eigenvalue weighted by atomic mass is 31.2. The topological polar surface area (TPSA) is 237 Å². The van der Waals surface area contributed by atoms with E-state index in [1.807, 2.05) is 0 Å². The van der Waals surface area contributed by atoms with Crippen molar-refractivity contribution in [2.45, 2.75) is 361 Å². The highest BCUT2D eigenvalue weighted by Crippen LogP contribution is 2.45. The van der Waals surface area contributed by atoms with Crippen molar-refractivity contribution >= 4 is 39.5 Å². The predicted molar refractivity (Wildman–Crippen MR) is 345 cm³/mol. The summed E-state index contributed by atoms with van der Waals surface area (Å²) in [6, 6.07) is 0. The Hall–Kier alpha value is -1.94. The molecule has 0 heterocycles. The summed E-state index contributed by atoms with van der Waals surface area (Å²) in [6.07, 6.45) is 45.7. The molecule has 0 saturated carbocycles. The maximum absolute atomic E-state index is 13.0. The van der Waals surface area contributed by atoms with Gasteiger partial charge in [0.25, 0.3) is 0 Å². The fourth-order valence-electron chi connectivity index (χ4n) is 10.1. The van der Waals surface area contributed by atoms with Gasteiger partial charge in [-0.2, -0.15) is 0 Å². The number of phosphoric ester groups is 2. The third-order valence-electron chi connectivity index (χ3n) is 15.5. The molecule has 0 bridgehead atoms. The molecule has 0 rings (SSSR count). The zero-order valence-electron chi connectivity index (χ0n) is 55.4. The van der Waals surface area contributed by atoms with E-state index in [0.717, 1.165) is 89.9 Å². The SMILES string of the molecule is CCCCCCCCCCCCCCCC(=O)OC[C@H](COP(=O)(O)OC[C@@H](O)COP(=O)(O)OC[C@@H](COC(=O)CCCCCCCCCCCC)OC(=O)CCCCCCCCCC(C)C)OC(=O)CCCCCCCCCCCCCCC. The first-order valence-corrected chi connectivity index (χ1v) is 38.1. The maximum atomic E-state index is 13.0. The zero-order valence-corrected chi connectivity index (χ0v) is 57.2. The Labute approximate surface area is 524 Å². The molecule has 0 spiro atoms. The van der Waals surface area contributed by atoms with E-state index in [4.69, 9.17) is 37.0 Å². The van der Waals surface area contributed by atoms with Crippen LogP contribution in [0.3, 0.4) is 0 Å². The third-order valence-corrected chi connectivity index (χ3v) is 17.4. The molecule has 86 heavy (non-hydrogen) atoms. The van der Waals surface area contributed by atoms with Crippen molar-refractivity contribution < 1.29 is 80.2 Å². The number of ether oxygens (including phenoxy) is 4. The molecule has 0 aromatic heterocycles. The Bertz CT molecular complexity index is 1670. The number of phosphoric acid groups is 2. The van der Waals surface area contributed by atoms with E-state index >= 15 is 0 Å². The van der Waals surface area contributed by atoms with Crippen LogP contribution >= 0.6 is 15.6 Å². The molecule has 17 nitrogen and oxygen atoms in total. The quantitative estimate of drug-likeness (QED) is 0.0222. The lowest BCUT2D eigenvalue weighted by atomic mass is 10.0. The van der Waals surface area contributed by atoms with Gasteiger partial charge in [-0.25, -0.2) is 9.13 Å². The molecule has 0 saturated heterocycles. The largest absolute Gasteiger partial charge is 0.472 e.